The van der Waals surface area contributed by atoms with E-state index in [4.69, 9.17) is 15.9 Å². The summed E-state index contributed by atoms with van der Waals surface area (Å²) in [7, 11) is 0. The lowest BCUT2D eigenvalue weighted by molar-refractivity contribution is -0.0936. The average Bonchev–Trinajstić information content (AvgIpc) is 3.27. The fraction of sp³-hybridized carbons (Fsp3) is 0.353. The van der Waals surface area contributed by atoms with Gasteiger partial charge in [-0.3, -0.25) is 0 Å². The van der Waals surface area contributed by atoms with E-state index < -0.39 is 17.3 Å². The lowest BCUT2D eigenvalue weighted by Gasteiger charge is -2.25. The van der Waals surface area contributed by atoms with Crippen LogP contribution in [0.3, 0.4) is 0 Å². The van der Waals surface area contributed by atoms with Gasteiger partial charge in [0.2, 0.25) is 17.4 Å². The monoisotopic (exact) mass is 354 g/mol. The number of aromatic nitrogens is 3. The lowest BCUT2D eigenvalue weighted by Crippen LogP contribution is -2.32. The molecule has 26 heavy (non-hydrogen) atoms. The molecule has 2 aliphatic rings. The van der Waals surface area contributed by atoms with Crippen molar-refractivity contribution in [3.05, 3.63) is 34.7 Å². The molecule has 0 amide bonds. The van der Waals surface area contributed by atoms with Crippen LogP contribution >= 0.6 is 0 Å². The van der Waals surface area contributed by atoms with Crippen molar-refractivity contribution >= 4 is 16.7 Å². The maximum atomic E-state index is 10.9. The molecular weight excluding hydrogens is 340 g/mol. The Morgan fingerprint density at radius 2 is 1.88 bits per heavy atom. The van der Waals surface area contributed by atoms with E-state index in [-0.39, 0.29) is 28.5 Å². The molecule has 2 aliphatic heterocycles. The average molecular weight is 354 g/mol. The van der Waals surface area contributed by atoms with E-state index in [2.05, 4.69) is 15.2 Å². The smallest absolute Gasteiger partial charge is 0.218 e. The molecule has 1 aromatic carbocycles. The van der Waals surface area contributed by atoms with E-state index in [1.165, 1.54) is 10.6 Å². The summed E-state index contributed by atoms with van der Waals surface area (Å²) < 4.78 is 11.9. The van der Waals surface area contributed by atoms with Crippen LogP contribution in [0.15, 0.2) is 16.8 Å². The van der Waals surface area contributed by atoms with Gasteiger partial charge in [0.25, 0.3) is 0 Å². The fourth-order valence-corrected chi connectivity index (χ4v) is 4.37. The third-order valence-electron chi connectivity index (χ3n) is 5.54. The lowest BCUT2D eigenvalue weighted by atomic mass is 9.78. The molecule has 0 aliphatic carbocycles. The summed E-state index contributed by atoms with van der Waals surface area (Å²) in [5, 5.41) is 39.7. The molecule has 1 saturated heterocycles. The zero-order valence-corrected chi connectivity index (χ0v) is 13.9. The molecule has 3 N–H and O–H groups in total. The number of aliphatic hydroxyl groups excluding tert-OH is 1. The van der Waals surface area contributed by atoms with Crippen LogP contribution in [0.25, 0.3) is 21.6 Å². The first-order valence-corrected chi connectivity index (χ1v) is 8.01. The van der Waals surface area contributed by atoms with Crippen LogP contribution in [0.2, 0.25) is 0 Å². The number of aromatic hydroxyl groups is 2. The SMILES string of the molecule is [C-]#[N+]c1ccc(-n2c(O)c3c(c2O)C2(C)OC3(C)C[C@@H]2O)c2nonc12. The Hall–Kier alpha value is -3.09. The van der Waals surface area contributed by atoms with Crippen LogP contribution in [0.4, 0.5) is 5.69 Å². The molecule has 4 heterocycles. The van der Waals surface area contributed by atoms with Gasteiger partial charge in [-0.25, -0.2) is 14.0 Å². The minimum atomic E-state index is -1.12. The summed E-state index contributed by atoms with van der Waals surface area (Å²) >= 11 is 0. The molecule has 1 fully saturated rings. The van der Waals surface area contributed by atoms with Crippen LogP contribution in [0.1, 0.15) is 31.4 Å². The molecule has 132 valence electrons. The van der Waals surface area contributed by atoms with E-state index in [1.54, 1.807) is 19.9 Å². The van der Waals surface area contributed by atoms with E-state index in [1.807, 2.05) is 0 Å². The van der Waals surface area contributed by atoms with Crippen LogP contribution in [-0.2, 0) is 15.9 Å². The van der Waals surface area contributed by atoms with Gasteiger partial charge >= 0.3 is 0 Å². The number of rotatable bonds is 1. The Morgan fingerprint density at radius 1 is 1.19 bits per heavy atom. The van der Waals surface area contributed by atoms with Crippen LogP contribution in [-0.4, -0.2) is 36.3 Å². The highest BCUT2D eigenvalue weighted by Crippen LogP contribution is 2.64. The van der Waals surface area contributed by atoms with Crippen molar-refractivity contribution in [3.8, 4) is 17.4 Å². The quantitative estimate of drug-likeness (QED) is 0.573. The normalized spacial score (nSPS) is 29.2. The number of nitrogens with zero attached hydrogens (tertiary/aromatic N) is 4. The third kappa shape index (κ3) is 1.48. The predicted molar refractivity (Wildman–Crippen MR) is 87.1 cm³/mol. The van der Waals surface area contributed by atoms with Crippen molar-refractivity contribution < 1.29 is 24.7 Å². The maximum Gasteiger partial charge on any atom is 0.218 e. The van der Waals surface area contributed by atoms with Crippen molar-refractivity contribution in [2.24, 2.45) is 0 Å². The first kappa shape index (κ1) is 15.2. The van der Waals surface area contributed by atoms with Crippen LogP contribution < -0.4 is 0 Å². The second kappa shape index (κ2) is 4.35. The molecule has 2 unspecified atom stereocenters. The summed E-state index contributed by atoms with van der Waals surface area (Å²) in [6.45, 7) is 10.7. The highest BCUT2D eigenvalue weighted by Gasteiger charge is 2.64. The molecule has 0 saturated carbocycles. The van der Waals surface area contributed by atoms with E-state index in [0.29, 0.717) is 23.2 Å². The summed E-state index contributed by atoms with van der Waals surface area (Å²) in [5.74, 6) is -0.446. The number of aliphatic hydroxyl groups is 1. The van der Waals surface area contributed by atoms with Gasteiger partial charge in [0, 0.05) is 6.42 Å². The van der Waals surface area contributed by atoms with Gasteiger partial charge in [0.05, 0.1) is 35.1 Å². The highest BCUT2D eigenvalue weighted by molar-refractivity contribution is 5.94. The van der Waals surface area contributed by atoms with Crippen molar-refractivity contribution in [1.82, 2.24) is 14.9 Å². The molecule has 3 aromatic rings. The first-order valence-electron chi connectivity index (χ1n) is 8.01. The second-order valence-electron chi connectivity index (χ2n) is 7.07. The summed E-state index contributed by atoms with van der Waals surface area (Å²) in [4.78, 5) is 3.37. The topological polar surface area (TPSA) is 118 Å². The fourth-order valence-electron chi connectivity index (χ4n) is 4.37. The predicted octanol–water partition coefficient (Wildman–Crippen LogP) is 2.20. The molecule has 3 atom stereocenters. The minimum absolute atomic E-state index is 0.199. The maximum absolute atomic E-state index is 10.9. The van der Waals surface area contributed by atoms with Gasteiger partial charge in [-0.15, -0.1) is 0 Å². The van der Waals surface area contributed by atoms with E-state index >= 15 is 0 Å². The molecule has 0 spiro atoms. The zero-order valence-electron chi connectivity index (χ0n) is 13.9. The summed E-state index contributed by atoms with van der Waals surface area (Å²) in [6, 6.07) is 3.07. The molecule has 9 nitrogen and oxygen atoms in total. The van der Waals surface area contributed by atoms with Crippen molar-refractivity contribution in [3.63, 3.8) is 0 Å². The summed E-state index contributed by atoms with van der Waals surface area (Å²) in [5.41, 5.74) is -0.177. The highest BCUT2D eigenvalue weighted by atomic mass is 16.6. The number of ether oxygens (including phenoxy) is 1. The van der Waals surface area contributed by atoms with E-state index in [9.17, 15) is 15.3 Å². The Bertz CT molecular complexity index is 1140. The molecular formula is C17H14N4O5. The van der Waals surface area contributed by atoms with Gasteiger partial charge in [-0.1, -0.05) is 11.2 Å². The zero-order chi connectivity index (χ0) is 18.4. The largest absolute Gasteiger partial charge is 0.494 e. The number of hydrogen-bond acceptors (Lipinski definition) is 7. The Balaban J connectivity index is 1.85. The second-order valence-corrected chi connectivity index (χ2v) is 7.07. The van der Waals surface area contributed by atoms with Gasteiger partial charge < -0.3 is 20.1 Å². The number of fused-ring (bicyclic) bond motifs is 6. The van der Waals surface area contributed by atoms with Crippen LogP contribution in [0, 0.1) is 6.57 Å². The van der Waals surface area contributed by atoms with Gasteiger partial charge in [0.1, 0.15) is 16.6 Å². The van der Waals surface area contributed by atoms with E-state index in [0.717, 1.165) is 0 Å². The standard InChI is InChI=1S/C17H14N4O5/c1-16-6-9(22)17(2,25-16)11-10(16)14(23)21(15(11)24)8-5-4-7(18-3)12-13(8)20-26-19-12/h4-5,9,22-24H,6H2,1-2H3/t9-,16?,17?/m0/s1. The van der Waals surface area contributed by atoms with Gasteiger partial charge in [0.15, 0.2) is 0 Å². The molecule has 2 bridgehead atoms. The first-order chi connectivity index (χ1) is 12.3. The number of benzene rings is 1. The Labute approximate surface area is 146 Å². The molecule has 9 heteroatoms. The Kier molecular flexibility index (Phi) is 2.54. The van der Waals surface area contributed by atoms with Crippen molar-refractivity contribution in [2.75, 3.05) is 0 Å². The third-order valence-corrected chi connectivity index (χ3v) is 5.54. The van der Waals surface area contributed by atoms with Crippen molar-refractivity contribution in [2.45, 2.75) is 37.6 Å². The van der Waals surface area contributed by atoms with Gasteiger partial charge in [-0.05, 0) is 25.1 Å². The van der Waals surface area contributed by atoms with Crippen LogP contribution in [0.5, 0.6) is 11.8 Å². The molecule has 2 aromatic heterocycles. The van der Waals surface area contributed by atoms with Crippen molar-refractivity contribution in [1.29, 1.82) is 0 Å². The summed E-state index contributed by atoms with van der Waals surface area (Å²) in [6.07, 6.45) is -0.496. The minimum Gasteiger partial charge on any atom is -0.494 e. The molecule has 5 rings (SSSR count). The number of hydrogen-bond donors (Lipinski definition) is 3. The van der Waals surface area contributed by atoms with Gasteiger partial charge in [-0.2, -0.15) is 0 Å². The Morgan fingerprint density at radius 3 is 2.62 bits per heavy atom. The molecule has 0 radical (unpaired) electrons.